The van der Waals surface area contributed by atoms with Crippen molar-refractivity contribution in [3.63, 3.8) is 0 Å². The van der Waals surface area contributed by atoms with Gasteiger partial charge in [-0.05, 0) is 0 Å². The maximum atomic E-state index is 10.8. The Balaban J connectivity index is -0.000000563. The van der Waals surface area contributed by atoms with Gasteiger partial charge < -0.3 is 1.43 Å². The Kier molecular flexibility index (Phi) is 14.2. The van der Waals surface area contributed by atoms with Crippen molar-refractivity contribution in [2.24, 2.45) is 0 Å². The van der Waals surface area contributed by atoms with Crippen molar-refractivity contribution in [3.8, 4) is 0 Å². The minimum absolute atomic E-state index is 0. The molecule has 0 saturated heterocycles. The molecule has 0 aromatic heterocycles. The average Bonchev–Trinajstić information content (AvgIpc) is 2.15. The van der Waals surface area contributed by atoms with Gasteiger partial charge in [0.2, 0.25) is 0 Å². The van der Waals surface area contributed by atoms with E-state index in [0.717, 1.165) is 4.90 Å². The minimum atomic E-state index is -0.860. The Morgan fingerprint density at radius 2 is 2.13 bits per heavy atom. The fraction of sp³-hybridized carbons (Fsp3) is 0.222. The quantitative estimate of drug-likeness (QED) is 0.492. The third-order valence-electron chi connectivity index (χ3n) is 1.58. The van der Waals surface area contributed by atoms with Gasteiger partial charge in [0.25, 0.3) is 0 Å². The Hall–Kier alpha value is 1.91. The molecule has 1 aromatic rings. The molecule has 0 aliphatic heterocycles. The van der Waals surface area contributed by atoms with Crippen molar-refractivity contribution in [2.75, 3.05) is 0 Å². The monoisotopic (exact) mass is 610 g/mol. The summed E-state index contributed by atoms with van der Waals surface area (Å²) in [4.78, 5) is 11.8. The molecule has 0 bridgehead atoms. The molecule has 1 aromatic carbocycles. The van der Waals surface area contributed by atoms with E-state index < -0.39 is 29.0 Å². The van der Waals surface area contributed by atoms with Gasteiger partial charge in [-0.1, -0.05) is 0 Å². The molecule has 0 spiro atoms. The first-order valence-corrected chi connectivity index (χ1v) is 15.8. The number of carboxylic acid groups (broad SMARTS) is 1. The van der Waals surface area contributed by atoms with E-state index in [9.17, 15) is 4.79 Å². The van der Waals surface area contributed by atoms with Crippen LogP contribution in [0, 0.1) is 0 Å². The summed E-state index contributed by atoms with van der Waals surface area (Å²) in [5, 5.41) is 8.88. The fourth-order valence-electron chi connectivity index (χ4n) is 0.981. The number of carboxylic acids is 1. The van der Waals surface area contributed by atoms with Crippen LogP contribution in [0.2, 0.25) is 3.93 Å². The summed E-state index contributed by atoms with van der Waals surface area (Å²) in [5.74, 6) is -0.812. The molecular weight excluding hydrogens is 596 g/mol. The Labute approximate surface area is 149 Å². The van der Waals surface area contributed by atoms with Crippen LogP contribution in [0.1, 0.15) is 18.7 Å². The molecule has 0 atom stereocenters. The standard InChI is InChI=1S/C7H6O2S.C2H5.2Hg.Na.H/c8-7(9)5-3-1-2-4-6(5)10;1-2;;;;/h1-4,10H,(H,8,9);1H2,2H3;;;;/q;;;2*+1;-1/p-1. The van der Waals surface area contributed by atoms with Crippen LogP contribution < -0.4 is 29.6 Å². The first-order valence-electron chi connectivity index (χ1n) is 4.20. The van der Waals surface area contributed by atoms with Crippen LogP contribution in [-0.4, -0.2) is 11.1 Å². The Bertz CT molecular complexity index is 315. The first-order chi connectivity index (χ1) is 6.25. The number of hydrogen-bond acceptors (Lipinski definition) is 2. The topological polar surface area (TPSA) is 37.3 Å². The van der Waals surface area contributed by atoms with Crippen molar-refractivity contribution in [3.05, 3.63) is 29.8 Å². The van der Waals surface area contributed by atoms with Gasteiger partial charge >= 0.3 is 122 Å². The molecule has 0 unspecified atom stereocenters. The zero-order valence-electron chi connectivity index (χ0n) is 10.2. The molecule has 6 heteroatoms. The second-order valence-corrected chi connectivity index (χ2v) is 15.8. The summed E-state index contributed by atoms with van der Waals surface area (Å²) in [6, 6.07) is 7.26. The maximum Gasteiger partial charge on any atom is 1.00 e. The van der Waals surface area contributed by atoms with Crippen molar-refractivity contribution >= 4 is 14.2 Å². The van der Waals surface area contributed by atoms with Crippen LogP contribution in [0.3, 0.4) is 0 Å². The Morgan fingerprint density at radius 3 is 2.67 bits per heavy atom. The third-order valence-corrected chi connectivity index (χ3v) is 13.6. The summed E-state index contributed by atoms with van der Waals surface area (Å²) < 4.78 is 1.28. The second kappa shape index (κ2) is 11.0. The summed E-state index contributed by atoms with van der Waals surface area (Å²) in [5.41, 5.74) is 0.459. The molecule has 0 aliphatic carbocycles. The molecule has 70 valence electrons. The fourth-order valence-corrected chi connectivity index (χ4v) is 9.77. The van der Waals surface area contributed by atoms with Gasteiger partial charge in [0.1, 0.15) is 0 Å². The zero-order chi connectivity index (χ0) is 9.68. The zero-order valence-corrected chi connectivity index (χ0v) is 23.0. The predicted octanol–water partition coefficient (Wildman–Crippen LogP) is 0.0266. The summed E-state index contributed by atoms with van der Waals surface area (Å²) in [7, 11) is 1.82. The van der Waals surface area contributed by atoms with E-state index in [1.165, 1.54) is 3.93 Å². The molecule has 0 amide bonds. The van der Waals surface area contributed by atoms with Gasteiger partial charge in [0.05, 0.1) is 0 Å². The van der Waals surface area contributed by atoms with Gasteiger partial charge in [0.15, 0.2) is 0 Å². The van der Waals surface area contributed by atoms with Crippen molar-refractivity contribution in [1.29, 1.82) is 0 Å². The molecule has 0 aliphatic rings. The van der Waals surface area contributed by atoms with E-state index in [2.05, 4.69) is 6.92 Å². The second-order valence-electron chi connectivity index (χ2n) is 2.65. The molecule has 0 radical (unpaired) electrons. The number of rotatable bonds is 4. The predicted molar refractivity (Wildman–Crippen MR) is 50.9 cm³/mol. The van der Waals surface area contributed by atoms with Gasteiger partial charge in [-0.2, -0.15) is 0 Å². The Morgan fingerprint density at radius 1 is 1.53 bits per heavy atom. The van der Waals surface area contributed by atoms with Gasteiger partial charge in [-0.25, -0.2) is 0 Å². The van der Waals surface area contributed by atoms with Gasteiger partial charge in [0, 0.05) is 27.7 Å². The first kappa shape index (κ1) is 19.3. The van der Waals surface area contributed by atoms with E-state index in [1.54, 1.807) is 12.1 Å². The van der Waals surface area contributed by atoms with Crippen LogP contribution in [0.25, 0.3) is 0 Å². The molecule has 0 saturated carbocycles. The molecule has 1 rings (SSSR count). The molecule has 15 heavy (non-hydrogen) atoms. The van der Waals surface area contributed by atoms with E-state index in [-0.39, 0.29) is 58.7 Å². The van der Waals surface area contributed by atoms with Crippen LogP contribution in [0.5, 0.6) is 0 Å². The number of aromatic carboxylic acids is 1. The molecule has 2 nitrogen and oxygen atoms in total. The number of benzene rings is 1. The van der Waals surface area contributed by atoms with Crippen LogP contribution >= 0.6 is 8.24 Å². The van der Waals surface area contributed by atoms with E-state index in [0.29, 0.717) is 5.56 Å². The number of hydrogen-bond donors (Lipinski definition) is 1. The molecule has 0 heterocycles. The van der Waals surface area contributed by atoms with Crippen molar-refractivity contribution in [1.82, 2.24) is 0 Å². The van der Waals surface area contributed by atoms with Crippen LogP contribution in [0.4, 0.5) is 0 Å². The van der Waals surface area contributed by atoms with E-state index in [4.69, 9.17) is 5.11 Å². The van der Waals surface area contributed by atoms with Gasteiger partial charge in [-0.3, -0.25) is 0 Å². The van der Waals surface area contributed by atoms with E-state index >= 15 is 0 Å². The third kappa shape index (κ3) is 7.04. The summed E-state index contributed by atoms with van der Waals surface area (Å²) in [6.45, 7) is 2.18. The summed E-state index contributed by atoms with van der Waals surface area (Å²) >= 11 is -0.860. The average molecular weight is 607 g/mol. The smallest absolute Gasteiger partial charge is 1.00 e. The van der Waals surface area contributed by atoms with Crippen LogP contribution in [0.15, 0.2) is 29.2 Å². The normalized spacial score (nSPS) is 8.07. The largest absolute Gasteiger partial charge is 1.00 e. The number of carbonyl (C=O) groups is 1. The molecule has 1 N–H and O–H groups in total. The van der Waals surface area contributed by atoms with Crippen LogP contribution in [-0.2, 0) is 50.7 Å². The van der Waals surface area contributed by atoms with Gasteiger partial charge in [-0.15, -0.1) is 0 Å². The van der Waals surface area contributed by atoms with Crippen molar-refractivity contribution in [2.45, 2.75) is 15.7 Å². The minimum Gasteiger partial charge on any atom is -1.00 e. The maximum absolute atomic E-state index is 10.8. The summed E-state index contributed by atoms with van der Waals surface area (Å²) in [6.07, 6.45) is 0. The van der Waals surface area contributed by atoms with E-state index in [1.807, 2.05) is 20.4 Å². The molecular formula is C9H11Hg2NaO2S. The molecule has 0 fully saturated rings. The van der Waals surface area contributed by atoms with Crippen molar-refractivity contribution < 1.29 is 91.6 Å². The SMILES string of the molecule is C[CH2][Hg][S]c1ccccc1C(=O)O.[H-].[Hg].[Na+].